The van der Waals surface area contributed by atoms with Gasteiger partial charge in [-0.25, -0.2) is 0 Å². The van der Waals surface area contributed by atoms with Crippen LogP contribution in [-0.2, 0) is 4.79 Å². The highest BCUT2D eigenvalue weighted by atomic mass is 16.5. The van der Waals surface area contributed by atoms with Gasteiger partial charge in [0, 0.05) is 18.2 Å². The molecule has 0 aliphatic carbocycles. The number of Topliss-reactive ketones (excluding diaryl/α,β-unsaturated/α-hetero) is 1. The van der Waals surface area contributed by atoms with Crippen molar-refractivity contribution in [3.05, 3.63) is 53.6 Å². The summed E-state index contributed by atoms with van der Waals surface area (Å²) in [7, 11) is 1.66. The Morgan fingerprint density at radius 2 is 1.92 bits per heavy atom. The molecule has 0 saturated heterocycles. The van der Waals surface area contributed by atoms with Gasteiger partial charge in [0.05, 0.1) is 5.69 Å². The number of carbonyl (C=O) groups excluding carboxylic acids is 3. The molecule has 2 aromatic carbocycles. The number of benzene rings is 2. The van der Waals surface area contributed by atoms with Gasteiger partial charge in [-0.2, -0.15) is 0 Å². The highest BCUT2D eigenvalue weighted by Gasteiger charge is 2.30. The van der Waals surface area contributed by atoms with E-state index in [0.29, 0.717) is 28.3 Å². The first-order chi connectivity index (χ1) is 12.4. The van der Waals surface area contributed by atoms with E-state index in [9.17, 15) is 14.4 Å². The van der Waals surface area contributed by atoms with Crippen molar-refractivity contribution in [2.45, 2.75) is 26.1 Å². The maximum Gasteiger partial charge on any atom is 0.267 e. The molecule has 1 aliphatic rings. The molecule has 2 atom stereocenters. The Morgan fingerprint density at radius 3 is 2.58 bits per heavy atom. The van der Waals surface area contributed by atoms with E-state index in [4.69, 9.17) is 9.47 Å². The minimum absolute atomic E-state index is 0.165. The van der Waals surface area contributed by atoms with Crippen LogP contribution < -0.4 is 14.4 Å². The van der Waals surface area contributed by atoms with Crippen molar-refractivity contribution in [3.8, 4) is 11.5 Å². The normalized spacial score (nSPS) is 17.1. The zero-order valence-corrected chi connectivity index (χ0v) is 14.8. The monoisotopic (exact) mass is 353 g/mol. The van der Waals surface area contributed by atoms with Crippen molar-refractivity contribution in [1.82, 2.24) is 0 Å². The molecular weight excluding hydrogens is 334 g/mol. The van der Waals surface area contributed by atoms with Crippen molar-refractivity contribution in [2.75, 3.05) is 11.9 Å². The molecule has 26 heavy (non-hydrogen) atoms. The molecule has 2 unspecified atom stereocenters. The van der Waals surface area contributed by atoms with E-state index >= 15 is 0 Å². The van der Waals surface area contributed by atoms with Crippen molar-refractivity contribution in [1.29, 1.82) is 0 Å². The first-order valence-electron chi connectivity index (χ1n) is 8.25. The number of rotatable bonds is 5. The lowest BCUT2D eigenvalue weighted by Gasteiger charge is -2.30. The number of fused-ring (bicyclic) bond motifs is 1. The summed E-state index contributed by atoms with van der Waals surface area (Å²) in [6, 6.07) is 11.5. The summed E-state index contributed by atoms with van der Waals surface area (Å²) in [6.45, 7) is 3.34. The number of hydrogen-bond acceptors (Lipinski definition) is 5. The van der Waals surface area contributed by atoms with Crippen LogP contribution in [0.3, 0.4) is 0 Å². The predicted octanol–water partition coefficient (Wildman–Crippen LogP) is 2.89. The molecule has 1 aliphatic heterocycles. The number of carbonyl (C=O) groups is 3. The van der Waals surface area contributed by atoms with Gasteiger partial charge in [0.1, 0.15) is 17.8 Å². The first-order valence-corrected chi connectivity index (χ1v) is 8.25. The minimum Gasteiger partial charge on any atom is -0.483 e. The lowest BCUT2D eigenvalue weighted by molar-refractivity contribution is -0.125. The quantitative estimate of drug-likeness (QED) is 0.610. The lowest BCUT2D eigenvalue weighted by atomic mass is 10.0. The second-order valence-corrected chi connectivity index (χ2v) is 6.15. The van der Waals surface area contributed by atoms with Crippen molar-refractivity contribution < 1.29 is 23.9 Å². The largest absolute Gasteiger partial charge is 0.483 e. The summed E-state index contributed by atoms with van der Waals surface area (Å²) in [5.74, 6) is 0.682. The van der Waals surface area contributed by atoms with E-state index in [-0.39, 0.29) is 11.7 Å². The Balaban J connectivity index is 1.79. The smallest absolute Gasteiger partial charge is 0.267 e. The van der Waals surface area contributed by atoms with Crippen LogP contribution in [0.4, 0.5) is 5.69 Å². The molecule has 134 valence electrons. The molecule has 2 aromatic rings. The van der Waals surface area contributed by atoms with Crippen LogP contribution in [-0.4, -0.2) is 37.2 Å². The topological polar surface area (TPSA) is 72.9 Å². The number of anilines is 1. The van der Waals surface area contributed by atoms with Crippen molar-refractivity contribution >= 4 is 23.7 Å². The summed E-state index contributed by atoms with van der Waals surface area (Å²) in [6.07, 6.45) is -0.531. The van der Waals surface area contributed by atoms with E-state index < -0.39 is 12.2 Å². The second-order valence-electron chi connectivity index (χ2n) is 6.15. The van der Waals surface area contributed by atoms with Crippen molar-refractivity contribution in [3.63, 3.8) is 0 Å². The Morgan fingerprint density at radius 1 is 1.23 bits per heavy atom. The Bertz CT molecular complexity index is 859. The van der Waals surface area contributed by atoms with Gasteiger partial charge in [-0.3, -0.25) is 14.4 Å². The van der Waals surface area contributed by atoms with E-state index in [2.05, 4.69) is 0 Å². The minimum atomic E-state index is -0.723. The standard InChI is InChI=1S/C20H19NO5/c1-12(25-16-7-4-14(11-22)5-8-16)19(23)15-6-9-18-17(10-15)21(3)20(24)13(2)26-18/h4-13H,1-3H3. The van der Waals surface area contributed by atoms with Gasteiger partial charge in [-0.15, -0.1) is 0 Å². The lowest BCUT2D eigenvalue weighted by Crippen LogP contribution is -2.42. The molecule has 0 spiro atoms. The number of likely N-dealkylation sites (N-methyl/N-ethyl adjacent to an activating group) is 1. The van der Waals surface area contributed by atoms with Gasteiger partial charge < -0.3 is 14.4 Å². The first kappa shape index (κ1) is 17.7. The van der Waals surface area contributed by atoms with Crippen molar-refractivity contribution in [2.24, 2.45) is 0 Å². The van der Waals surface area contributed by atoms with Crippen LogP contribution in [0, 0.1) is 0 Å². The molecule has 6 nitrogen and oxygen atoms in total. The average molecular weight is 353 g/mol. The Hall–Kier alpha value is -3.15. The van der Waals surface area contributed by atoms with E-state index in [1.165, 1.54) is 4.90 Å². The average Bonchev–Trinajstić information content (AvgIpc) is 2.66. The zero-order chi connectivity index (χ0) is 18.8. The number of ketones is 1. The maximum absolute atomic E-state index is 12.7. The maximum atomic E-state index is 12.7. The zero-order valence-electron chi connectivity index (χ0n) is 14.8. The van der Waals surface area contributed by atoms with Crippen LogP contribution >= 0.6 is 0 Å². The summed E-state index contributed by atoms with van der Waals surface area (Å²) in [5.41, 5.74) is 1.52. The SMILES string of the molecule is CC(Oc1ccc(C=O)cc1)C(=O)c1ccc2c(c1)N(C)C(=O)C(C)O2. The van der Waals surface area contributed by atoms with Gasteiger partial charge in [0.25, 0.3) is 5.91 Å². The molecular formula is C20H19NO5. The Kier molecular flexibility index (Phi) is 4.75. The molecule has 0 saturated carbocycles. The summed E-state index contributed by atoms with van der Waals surface area (Å²) >= 11 is 0. The second kappa shape index (κ2) is 7.00. The highest BCUT2D eigenvalue weighted by molar-refractivity contribution is 6.04. The fourth-order valence-corrected chi connectivity index (χ4v) is 2.78. The van der Waals surface area contributed by atoms with Crippen LogP contribution in [0.2, 0.25) is 0 Å². The molecule has 6 heteroatoms. The van der Waals surface area contributed by atoms with Gasteiger partial charge in [-0.1, -0.05) is 0 Å². The predicted molar refractivity (Wildman–Crippen MR) is 96.2 cm³/mol. The highest BCUT2D eigenvalue weighted by Crippen LogP contribution is 2.34. The van der Waals surface area contributed by atoms with Gasteiger partial charge >= 0.3 is 0 Å². The summed E-state index contributed by atoms with van der Waals surface area (Å²) in [4.78, 5) is 36.9. The van der Waals surface area contributed by atoms with Crippen LogP contribution in [0.5, 0.6) is 11.5 Å². The van der Waals surface area contributed by atoms with Gasteiger partial charge in [0.2, 0.25) is 5.78 Å². The fourth-order valence-electron chi connectivity index (χ4n) is 2.78. The van der Waals surface area contributed by atoms with E-state index in [1.54, 1.807) is 63.4 Å². The van der Waals surface area contributed by atoms with Gasteiger partial charge in [-0.05, 0) is 56.3 Å². The third kappa shape index (κ3) is 3.31. The molecule has 0 radical (unpaired) electrons. The molecule has 1 amide bonds. The number of hydrogen-bond donors (Lipinski definition) is 0. The Labute approximate surface area is 151 Å². The molecule has 0 aromatic heterocycles. The van der Waals surface area contributed by atoms with Crippen LogP contribution in [0.1, 0.15) is 34.6 Å². The number of amides is 1. The van der Waals surface area contributed by atoms with Gasteiger partial charge in [0.15, 0.2) is 12.2 Å². The molecule has 1 heterocycles. The van der Waals surface area contributed by atoms with E-state index in [1.807, 2.05) is 0 Å². The number of aldehydes is 1. The molecule has 0 fully saturated rings. The fraction of sp³-hybridized carbons (Fsp3) is 0.250. The summed E-state index contributed by atoms with van der Waals surface area (Å²) < 4.78 is 11.2. The third-order valence-electron chi connectivity index (χ3n) is 4.29. The van der Waals surface area contributed by atoms with Crippen LogP contribution in [0.15, 0.2) is 42.5 Å². The van der Waals surface area contributed by atoms with E-state index in [0.717, 1.165) is 6.29 Å². The molecule has 0 N–H and O–H groups in total. The number of ether oxygens (including phenoxy) is 2. The number of nitrogens with zero attached hydrogens (tertiary/aromatic N) is 1. The molecule has 0 bridgehead atoms. The summed E-state index contributed by atoms with van der Waals surface area (Å²) in [5, 5.41) is 0. The third-order valence-corrected chi connectivity index (χ3v) is 4.29. The van der Waals surface area contributed by atoms with Crippen LogP contribution in [0.25, 0.3) is 0 Å². The molecule has 3 rings (SSSR count).